The fourth-order valence-electron chi connectivity index (χ4n) is 1.19. The summed E-state index contributed by atoms with van der Waals surface area (Å²) < 4.78 is 0. The Bertz CT molecular complexity index is 396. The smallest absolute Gasteiger partial charge is 0.233 e. The van der Waals surface area contributed by atoms with E-state index in [2.05, 4.69) is 4.98 Å². The van der Waals surface area contributed by atoms with Crippen molar-refractivity contribution in [3.63, 3.8) is 0 Å². The maximum atomic E-state index is 10.8. The highest BCUT2D eigenvalue weighted by Gasteiger charge is 2.15. The van der Waals surface area contributed by atoms with E-state index in [0.29, 0.717) is 23.7 Å². The molecule has 1 amide bonds. The van der Waals surface area contributed by atoms with Crippen LogP contribution in [0.2, 0.25) is 5.02 Å². The predicted molar refractivity (Wildman–Crippen MR) is 73.6 cm³/mol. The van der Waals surface area contributed by atoms with Crippen molar-refractivity contribution in [3.05, 3.63) is 23.5 Å². The van der Waals surface area contributed by atoms with Crippen molar-refractivity contribution in [3.8, 4) is 0 Å². The maximum Gasteiger partial charge on any atom is 0.233 e. The lowest BCUT2D eigenvalue weighted by Crippen LogP contribution is -2.34. The van der Waals surface area contributed by atoms with Crippen LogP contribution in [-0.4, -0.2) is 34.4 Å². The van der Waals surface area contributed by atoms with E-state index in [0.717, 1.165) is 4.90 Å². The Kier molecular flexibility index (Phi) is 5.91. The van der Waals surface area contributed by atoms with E-state index in [9.17, 15) is 4.79 Å². The van der Waals surface area contributed by atoms with Gasteiger partial charge in [0.05, 0.1) is 17.2 Å². The molecule has 0 atom stereocenters. The number of amides is 1. The summed E-state index contributed by atoms with van der Waals surface area (Å²) in [6.45, 7) is 6.19. The van der Waals surface area contributed by atoms with Crippen LogP contribution in [0.4, 0.5) is 0 Å². The highest BCUT2D eigenvalue weighted by atomic mass is 35.5. The molecule has 0 aromatic carbocycles. The van der Waals surface area contributed by atoms with E-state index in [1.165, 1.54) is 5.06 Å². The molecule has 0 aliphatic carbocycles. The third-order valence-electron chi connectivity index (χ3n) is 1.81. The van der Waals surface area contributed by atoms with Gasteiger partial charge in [-0.05, 0) is 26.8 Å². The number of thioether (sulfide) groups is 1. The van der Waals surface area contributed by atoms with Crippen molar-refractivity contribution < 1.29 is 9.63 Å². The number of pyridine rings is 1. The standard InChI is InChI=1S/C12H17ClN2O2S/c1-12(2,3)17-15(9-16)6-7-18-11-8-14-5-4-10(11)13/h4-5,8-9H,6-7H2,1-3H3. The number of hydrogen-bond donors (Lipinski definition) is 0. The van der Waals surface area contributed by atoms with Crippen molar-refractivity contribution in [2.75, 3.05) is 12.3 Å². The Balaban J connectivity index is 2.41. The molecule has 0 saturated heterocycles. The van der Waals surface area contributed by atoms with Gasteiger partial charge in [0, 0.05) is 23.0 Å². The predicted octanol–water partition coefficient (Wildman–Crippen LogP) is 3.02. The summed E-state index contributed by atoms with van der Waals surface area (Å²) in [6.07, 6.45) is 4.05. The van der Waals surface area contributed by atoms with Gasteiger partial charge in [0.1, 0.15) is 0 Å². The van der Waals surface area contributed by atoms with Gasteiger partial charge >= 0.3 is 0 Å². The lowest BCUT2D eigenvalue weighted by Gasteiger charge is -2.26. The lowest BCUT2D eigenvalue weighted by atomic mass is 10.2. The molecule has 1 aromatic heterocycles. The number of hydroxylamine groups is 2. The molecular weight excluding hydrogens is 272 g/mol. The zero-order chi connectivity index (χ0) is 13.6. The average Bonchev–Trinajstić information content (AvgIpc) is 2.28. The second-order valence-corrected chi connectivity index (χ2v) is 6.15. The summed E-state index contributed by atoms with van der Waals surface area (Å²) in [6, 6.07) is 1.74. The first-order valence-electron chi connectivity index (χ1n) is 5.56. The quantitative estimate of drug-likeness (QED) is 0.458. The second-order valence-electron chi connectivity index (χ2n) is 4.60. The van der Waals surface area contributed by atoms with E-state index in [1.54, 1.807) is 30.2 Å². The monoisotopic (exact) mass is 288 g/mol. The molecule has 100 valence electrons. The molecule has 0 saturated carbocycles. The number of hydrogen-bond acceptors (Lipinski definition) is 4. The minimum absolute atomic E-state index is 0.377. The number of aromatic nitrogens is 1. The van der Waals surface area contributed by atoms with Gasteiger partial charge < -0.3 is 0 Å². The number of nitrogens with zero attached hydrogens (tertiary/aromatic N) is 2. The van der Waals surface area contributed by atoms with E-state index >= 15 is 0 Å². The van der Waals surface area contributed by atoms with Gasteiger partial charge in [0.2, 0.25) is 6.41 Å². The van der Waals surface area contributed by atoms with Gasteiger partial charge in [-0.25, -0.2) is 5.06 Å². The van der Waals surface area contributed by atoms with Crippen LogP contribution in [0.25, 0.3) is 0 Å². The van der Waals surface area contributed by atoms with Crippen molar-refractivity contribution in [2.45, 2.75) is 31.3 Å². The molecule has 0 unspecified atom stereocenters. The van der Waals surface area contributed by atoms with Gasteiger partial charge in [-0.3, -0.25) is 14.6 Å². The zero-order valence-electron chi connectivity index (χ0n) is 10.7. The summed E-state index contributed by atoms with van der Waals surface area (Å²) in [5.41, 5.74) is -0.377. The minimum atomic E-state index is -0.377. The number of carbonyl (C=O) groups is 1. The molecular formula is C12H17ClN2O2S. The molecule has 0 bridgehead atoms. The molecule has 0 aliphatic heterocycles. The van der Waals surface area contributed by atoms with Crippen molar-refractivity contribution in [1.29, 1.82) is 0 Å². The van der Waals surface area contributed by atoms with E-state index in [1.807, 2.05) is 20.8 Å². The lowest BCUT2D eigenvalue weighted by molar-refractivity contribution is -0.213. The Labute approximate surface area is 117 Å². The highest BCUT2D eigenvalue weighted by molar-refractivity contribution is 7.99. The molecule has 4 nitrogen and oxygen atoms in total. The summed E-state index contributed by atoms with van der Waals surface area (Å²) >= 11 is 7.55. The molecule has 1 rings (SSSR count). The summed E-state index contributed by atoms with van der Waals surface area (Å²) in [5, 5.41) is 1.97. The zero-order valence-corrected chi connectivity index (χ0v) is 12.3. The van der Waals surface area contributed by atoms with Crippen molar-refractivity contribution in [1.82, 2.24) is 10.0 Å². The highest BCUT2D eigenvalue weighted by Crippen LogP contribution is 2.25. The van der Waals surface area contributed by atoms with Crippen LogP contribution in [0.5, 0.6) is 0 Å². The molecule has 0 fully saturated rings. The van der Waals surface area contributed by atoms with Crippen LogP contribution in [0.1, 0.15) is 20.8 Å². The summed E-state index contributed by atoms with van der Waals surface area (Å²) in [7, 11) is 0. The number of rotatable bonds is 6. The Hall–Kier alpha value is -0.780. The van der Waals surface area contributed by atoms with Gasteiger partial charge in [0.15, 0.2) is 0 Å². The molecule has 0 aliphatic rings. The fourth-order valence-corrected chi connectivity index (χ4v) is 2.29. The maximum absolute atomic E-state index is 10.8. The normalized spacial score (nSPS) is 11.3. The Morgan fingerprint density at radius 3 is 2.83 bits per heavy atom. The average molecular weight is 289 g/mol. The third kappa shape index (κ3) is 5.71. The van der Waals surface area contributed by atoms with Crippen LogP contribution in [-0.2, 0) is 9.63 Å². The van der Waals surface area contributed by atoms with Gasteiger partial charge in [-0.2, -0.15) is 0 Å². The molecule has 0 radical (unpaired) electrons. The molecule has 0 N–H and O–H groups in total. The van der Waals surface area contributed by atoms with Crippen LogP contribution in [0.3, 0.4) is 0 Å². The minimum Gasteiger partial charge on any atom is -0.276 e. The van der Waals surface area contributed by atoms with Crippen LogP contribution < -0.4 is 0 Å². The largest absolute Gasteiger partial charge is 0.276 e. The van der Waals surface area contributed by atoms with E-state index in [-0.39, 0.29) is 5.60 Å². The summed E-state index contributed by atoms with van der Waals surface area (Å²) in [5.74, 6) is 0.695. The molecule has 6 heteroatoms. The van der Waals surface area contributed by atoms with E-state index < -0.39 is 0 Å². The first-order chi connectivity index (χ1) is 8.42. The molecule has 1 heterocycles. The topological polar surface area (TPSA) is 42.4 Å². The number of carbonyl (C=O) groups excluding carboxylic acids is 1. The van der Waals surface area contributed by atoms with Crippen molar-refractivity contribution in [2.24, 2.45) is 0 Å². The van der Waals surface area contributed by atoms with Gasteiger partial charge in [-0.1, -0.05) is 11.6 Å². The van der Waals surface area contributed by atoms with Crippen LogP contribution in [0.15, 0.2) is 23.4 Å². The first-order valence-corrected chi connectivity index (χ1v) is 6.92. The second kappa shape index (κ2) is 6.97. The van der Waals surface area contributed by atoms with Crippen molar-refractivity contribution >= 4 is 29.8 Å². The van der Waals surface area contributed by atoms with E-state index in [4.69, 9.17) is 16.4 Å². The van der Waals surface area contributed by atoms with Gasteiger partial charge in [0.25, 0.3) is 0 Å². The van der Waals surface area contributed by atoms with Crippen LogP contribution >= 0.6 is 23.4 Å². The Morgan fingerprint density at radius 1 is 1.56 bits per heavy atom. The third-order valence-corrected chi connectivity index (χ3v) is 3.28. The fraction of sp³-hybridized carbons (Fsp3) is 0.500. The van der Waals surface area contributed by atoms with Crippen LogP contribution in [0, 0.1) is 0 Å². The molecule has 18 heavy (non-hydrogen) atoms. The summed E-state index contributed by atoms with van der Waals surface area (Å²) in [4.78, 5) is 21.2. The number of halogens is 1. The Morgan fingerprint density at radius 2 is 2.28 bits per heavy atom. The molecule has 0 spiro atoms. The SMILES string of the molecule is CC(C)(C)ON(C=O)CCSc1cnccc1Cl. The van der Waals surface area contributed by atoms with Gasteiger partial charge in [-0.15, -0.1) is 11.8 Å². The molecule has 1 aromatic rings. The first kappa shape index (κ1) is 15.3.